The van der Waals surface area contributed by atoms with Crippen molar-refractivity contribution in [3.63, 3.8) is 0 Å². The highest BCUT2D eigenvalue weighted by atomic mass is 32.2. The van der Waals surface area contributed by atoms with E-state index in [9.17, 15) is 33.2 Å². The van der Waals surface area contributed by atoms with Gasteiger partial charge in [0.15, 0.2) is 0 Å². The third-order valence-corrected chi connectivity index (χ3v) is 16.3. The number of carbonyl (C=O) groups excluding carboxylic acids is 2. The quantitative estimate of drug-likeness (QED) is 0.0646. The number of nitrogens with one attached hydrogen (secondary N) is 3. The fourth-order valence-corrected chi connectivity index (χ4v) is 11.8. The van der Waals surface area contributed by atoms with Gasteiger partial charge in [0.2, 0.25) is 5.82 Å². The Morgan fingerprint density at radius 3 is 2.46 bits per heavy atom. The van der Waals surface area contributed by atoms with Crippen LogP contribution in [0.15, 0.2) is 84.1 Å². The predicted octanol–water partition coefficient (Wildman–Crippen LogP) is 8.13. The number of rotatable bonds is 13. The lowest BCUT2D eigenvalue weighted by atomic mass is 9.59. The summed E-state index contributed by atoms with van der Waals surface area (Å²) in [6.07, 6.45) is 10.7. The van der Waals surface area contributed by atoms with E-state index in [1.165, 1.54) is 30.5 Å². The predicted molar refractivity (Wildman–Crippen MR) is 260 cm³/mol. The molecule has 366 valence electrons. The van der Waals surface area contributed by atoms with E-state index in [1.54, 1.807) is 31.3 Å². The van der Waals surface area contributed by atoms with Crippen LogP contribution in [0.4, 0.5) is 22.0 Å². The first-order valence-electron chi connectivity index (χ1n) is 23.9. The number of fused-ring (bicyclic) bond motifs is 1. The summed E-state index contributed by atoms with van der Waals surface area (Å²) in [6.45, 7) is 10.1. The molecule has 69 heavy (non-hydrogen) atoms. The van der Waals surface area contributed by atoms with E-state index in [0.717, 1.165) is 81.5 Å². The third-order valence-electron chi connectivity index (χ3n) is 15.0. The molecule has 3 aromatic heterocycles. The Kier molecular flexibility index (Phi) is 13.3. The molecule has 2 saturated carbocycles. The summed E-state index contributed by atoms with van der Waals surface area (Å²) in [6, 6.07) is 18.5. The number of H-pyrrole nitrogens is 1. The molecular weight excluding hydrogens is 903 g/mol. The highest BCUT2D eigenvalue weighted by Gasteiger charge is 2.50. The molecule has 19 heteroatoms. The molecule has 2 aromatic carbocycles. The number of aromatic amines is 1. The number of methoxy groups -OCH3 is 1. The van der Waals surface area contributed by atoms with E-state index in [-0.39, 0.29) is 40.6 Å². The number of amides is 2. The van der Waals surface area contributed by atoms with Crippen molar-refractivity contribution in [3.8, 4) is 11.5 Å². The Balaban J connectivity index is 0.900. The second-order valence-corrected chi connectivity index (χ2v) is 21.6. The molecule has 2 aliphatic carbocycles. The first kappa shape index (κ1) is 47.7. The van der Waals surface area contributed by atoms with Gasteiger partial charge in [0.05, 0.1) is 41.6 Å². The van der Waals surface area contributed by atoms with Gasteiger partial charge in [-0.3, -0.25) is 19.8 Å². The van der Waals surface area contributed by atoms with Crippen molar-refractivity contribution < 1.29 is 37.5 Å². The molecule has 9 rings (SSSR count). The zero-order chi connectivity index (χ0) is 48.7. The molecule has 0 bridgehead atoms. The van der Waals surface area contributed by atoms with E-state index >= 15 is 0 Å². The minimum absolute atomic E-state index is 0.0619. The summed E-state index contributed by atoms with van der Waals surface area (Å²) in [4.78, 5) is 55.9. The number of nitro groups is 1. The standard InChI is InChI=1S/C50H61N9O9S/c1-32(2)39-7-5-6-8-40(39)43-31-57(48(61)67-4)21-22-58(43)36-26-50(27-36)16-19-56(20-17-50)35-9-10-41(44(24-35)68-37-23-34-13-18-51-45(34)53-29-37)47(60)55-69(65,66)38-25-42(59(63)64)46(54-30-38)52-28-33-11-14-49(3,62)15-12-33/h5-10,13,18,23-25,29-30,32-33,36,43,62H,11-12,14-17,19-22,26-28,31H2,1-4H3,(H,51,53)(H,52,54)(H,55,60)/t33?,43-,49?/m1/s1. The maximum Gasteiger partial charge on any atom is 0.409 e. The third kappa shape index (κ3) is 10.2. The maximum atomic E-state index is 14.0. The monoisotopic (exact) mass is 963 g/mol. The number of anilines is 2. The Morgan fingerprint density at radius 2 is 1.74 bits per heavy atom. The van der Waals surface area contributed by atoms with E-state index in [2.05, 4.69) is 72.9 Å². The van der Waals surface area contributed by atoms with Gasteiger partial charge in [-0.15, -0.1) is 0 Å². The smallest absolute Gasteiger partial charge is 0.409 e. The lowest BCUT2D eigenvalue weighted by molar-refractivity contribution is -0.384. The van der Waals surface area contributed by atoms with Crippen molar-refractivity contribution in [2.75, 3.05) is 56.6 Å². The number of aliphatic hydroxyl groups is 1. The van der Waals surface area contributed by atoms with E-state index < -0.39 is 37.0 Å². The number of nitrogens with zero attached hydrogens (tertiary/aromatic N) is 6. The molecule has 4 fully saturated rings. The fraction of sp³-hybridized carbons (Fsp3) is 0.480. The summed E-state index contributed by atoms with van der Waals surface area (Å²) in [5.74, 6) is -0.157. The van der Waals surface area contributed by atoms with Gasteiger partial charge in [0.25, 0.3) is 15.9 Å². The minimum Gasteiger partial charge on any atom is -0.455 e. The molecule has 4 aliphatic rings. The number of carbonyl (C=O) groups is 2. The van der Waals surface area contributed by atoms with Gasteiger partial charge in [0, 0.05) is 74.7 Å². The van der Waals surface area contributed by atoms with Gasteiger partial charge >= 0.3 is 11.8 Å². The number of hydrogen-bond donors (Lipinski definition) is 4. The molecule has 2 amide bonds. The lowest BCUT2D eigenvalue weighted by Crippen LogP contribution is -2.60. The lowest BCUT2D eigenvalue weighted by Gasteiger charge is -2.58. The zero-order valence-corrected chi connectivity index (χ0v) is 40.3. The van der Waals surface area contributed by atoms with Gasteiger partial charge in [-0.1, -0.05) is 38.1 Å². The molecule has 1 atom stereocenters. The Bertz CT molecular complexity index is 2830. The number of sulfonamides is 1. The Morgan fingerprint density at radius 1 is 0.986 bits per heavy atom. The molecule has 18 nitrogen and oxygen atoms in total. The van der Waals surface area contributed by atoms with Crippen molar-refractivity contribution in [3.05, 3.63) is 106 Å². The number of piperidine rings is 1. The SMILES string of the molecule is COC(=O)N1CCN(C2CC3(CCN(c4ccc(C(=O)NS(=O)(=O)c5cnc(NCC6CCC(C)(O)CC6)c([N+](=O)[O-])c5)c(Oc5cnc6[nH]ccc6c5)c4)CC3)C2)[C@@H](c2ccccc2C(C)C)C1. The second kappa shape index (κ2) is 19.2. The molecule has 5 aromatic rings. The van der Waals surface area contributed by atoms with Crippen LogP contribution in [-0.2, 0) is 14.8 Å². The first-order valence-corrected chi connectivity index (χ1v) is 25.3. The van der Waals surface area contributed by atoms with Crippen LogP contribution in [0.5, 0.6) is 11.5 Å². The average Bonchev–Trinajstić information content (AvgIpc) is 3.80. The van der Waals surface area contributed by atoms with Crippen molar-refractivity contribution in [1.82, 2.24) is 29.5 Å². The molecule has 1 spiro atoms. The van der Waals surface area contributed by atoms with Crippen LogP contribution in [0, 0.1) is 21.4 Å². The highest BCUT2D eigenvalue weighted by molar-refractivity contribution is 7.90. The van der Waals surface area contributed by atoms with E-state index in [1.807, 2.05) is 11.0 Å². The fourth-order valence-electron chi connectivity index (χ4n) is 10.9. The molecular formula is C50H61N9O9S. The first-order chi connectivity index (χ1) is 33.0. The Labute approximate surface area is 402 Å². The zero-order valence-electron chi connectivity index (χ0n) is 39.5. The second-order valence-electron chi connectivity index (χ2n) is 19.9. The van der Waals surface area contributed by atoms with Crippen molar-refractivity contribution in [2.45, 2.75) is 101 Å². The van der Waals surface area contributed by atoms with Crippen LogP contribution in [0.3, 0.4) is 0 Å². The van der Waals surface area contributed by atoms with Crippen LogP contribution in [0.25, 0.3) is 11.0 Å². The van der Waals surface area contributed by atoms with Crippen LogP contribution in [-0.4, -0.2) is 113 Å². The molecule has 5 heterocycles. The number of pyridine rings is 2. The van der Waals surface area contributed by atoms with Gasteiger partial charge in [0.1, 0.15) is 22.0 Å². The largest absolute Gasteiger partial charge is 0.455 e. The normalized spacial score (nSPS) is 22.1. The van der Waals surface area contributed by atoms with Crippen molar-refractivity contribution in [1.29, 1.82) is 0 Å². The number of benzene rings is 2. The van der Waals surface area contributed by atoms with Gasteiger partial charge in [-0.2, -0.15) is 0 Å². The average molecular weight is 964 g/mol. The molecule has 2 aliphatic heterocycles. The minimum atomic E-state index is -4.66. The van der Waals surface area contributed by atoms with Crippen LogP contribution in [0.2, 0.25) is 0 Å². The number of hydrogen-bond acceptors (Lipinski definition) is 14. The maximum absolute atomic E-state index is 14.0. The van der Waals surface area contributed by atoms with Crippen LogP contribution < -0.4 is 19.7 Å². The summed E-state index contributed by atoms with van der Waals surface area (Å²) in [7, 11) is -3.22. The Hall–Kier alpha value is -6.31. The van der Waals surface area contributed by atoms with Crippen LogP contribution in [0.1, 0.15) is 106 Å². The van der Waals surface area contributed by atoms with Gasteiger partial charge < -0.3 is 34.7 Å². The summed E-state index contributed by atoms with van der Waals surface area (Å²) < 4.78 is 41.1. The van der Waals surface area contributed by atoms with E-state index in [4.69, 9.17) is 9.47 Å². The van der Waals surface area contributed by atoms with Crippen molar-refractivity contribution in [2.24, 2.45) is 11.3 Å². The van der Waals surface area contributed by atoms with Gasteiger partial charge in [-0.25, -0.2) is 27.9 Å². The van der Waals surface area contributed by atoms with Crippen LogP contribution >= 0.6 is 0 Å². The summed E-state index contributed by atoms with van der Waals surface area (Å²) >= 11 is 0. The molecule has 0 unspecified atom stereocenters. The summed E-state index contributed by atoms with van der Waals surface area (Å²) in [5.41, 5.74) is 2.82. The van der Waals surface area contributed by atoms with Gasteiger partial charge in [-0.05, 0) is 111 Å². The molecule has 4 N–H and O–H groups in total. The summed E-state index contributed by atoms with van der Waals surface area (Å²) in [5, 5.41) is 26.2. The number of ether oxygens (including phenoxy) is 2. The topological polar surface area (TPSA) is 225 Å². The number of piperazine rings is 1. The highest BCUT2D eigenvalue weighted by Crippen LogP contribution is 2.53. The number of aromatic nitrogens is 3. The molecule has 2 saturated heterocycles. The molecule has 0 radical (unpaired) electrons. The van der Waals surface area contributed by atoms with Crippen molar-refractivity contribution >= 4 is 50.2 Å². The van der Waals surface area contributed by atoms with E-state index in [0.29, 0.717) is 55.8 Å².